The van der Waals surface area contributed by atoms with Crippen LogP contribution in [0, 0.1) is 6.92 Å². The predicted octanol–water partition coefficient (Wildman–Crippen LogP) is 3.01. The molecule has 1 atom stereocenters. The van der Waals surface area contributed by atoms with Crippen molar-refractivity contribution < 1.29 is 14.3 Å². The van der Waals surface area contributed by atoms with Gasteiger partial charge in [0.2, 0.25) is 0 Å². The number of carbonyl (C=O) groups is 1. The van der Waals surface area contributed by atoms with Crippen molar-refractivity contribution in [3.63, 3.8) is 0 Å². The molecule has 122 valence electrons. The molecular weight excluding hydrogens is 290 g/mol. The summed E-state index contributed by atoms with van der Waals surface area (Å²) in [5, 5.41) is 0. The van der Waals surface area contributed by atoms with Gasteiger partial charge in [-0.25, -0.2) is 0 Å². The Balaban J connectivity index is 2.02. The molecule has 0 amide bonds. The molecule has 2 aromatic rings. The van der Waals surface area contributed by atoms with Crippen LogP contribution in [-0.4, -0.2) is 18.6 Å². The van der Waals surface area contributed by atoms with Gasteiger partial charge in [-0.05, 0) is 43.0 Å². The Morgan fingerprint density at radius 2 is 1.87 bits per heavy atom. The average molecular weight is 313 g/mol. The zero-order chi connectivity index (χ0) is 16.7. The van der Waals surface area contributed by atoms with E-state index in [9.17, 15) is 4.79 Å². The first kappa shape index (κ1) is 17.0. The molecule has 0 fully saturated rings. The number of esters is 1. The fourth-order valence-electron chi connectivity index (χ4n) is 2.25. The molecule has 2 rings (SSSR count). The van der Waals surface area contributed by atoms with E-state index in [1.54, 1.807) is 6.92 Å². The summed E-state index contributed by atoms with van der Waals surface area (Å²) < 4.78 is 10.8. The molecule has 2 aromatic carbocycles. The zero-order valence-electron chi connectivity index (χ0n) is 13.6. The largest absolute Gasteiger partial charge is 0.489 e. The van der Waals surface area contributed by atoms with E-state index in [-0.39, 0.29) is 5.97 Å². The molecular formula is C19H23NO3. The van der Waals surface area contributed by atoms with Crippen LogP contribution in [-0.2, 0) is 22.6 Å². The molecule has 0 spiro atoms. The molecule has 23 heavy (non-hydrogen) atoms. The van der Waals surface area contributed by atoms with E-state index in [1.165, 1.54) is 0 Å². The van der Waals surface area contributed by atoms with E-state index in [0.717, 1.165) is 22.4 Å². The topological polar surface area (TPSA) is 61.5 Å². The van der Waals surface area contributed by atoms with Gasteiger partial charge >= 0.3 is 5.97 Å². The van der Waals surface area contributed by atoms with Gasteiger partial charge < -0.3 is 15.2 Å². The van der Waals surface area contributed by atoms with Gasteiger partial charge in [-0.1, -0.05) is 42.5 Å². The molecule has 0 saturated heterocycles. The Labute approximate surface area is 137 Å². The van der Waals surface area contributed by atoms with Crippen LogP contribution in [0.1, 0.15) is 23.6 Å². The van der Waals surface area contributed by atoms with Gasteiger partial charge in [-0.15, -0.1) is 0 Å². The second kappa shape index (κ2) is 8.34. The van der Waals surface area contributed by atoms with Crippen LogP contribution in [0.4, 0.5) is 0 Å². The summed E-state index contributed by atoms with van der Waals surface area (Å²) in [5.74, 6) is 0.433. The van der Waals surface area contributed by atoms with Crippen molar-refractivity contribution in [2.75, 3.05) is 6.61 Å². The van der Waals surface area contributed by atoms with Gasteiger partial charge in [0.25, 0.3) is 0 Å². The summed E-state index contributed by atoms with van der Waals surface area (Å²) in [6.07, 6.45) is 0.431. The minimum Gasteiger partial charge on any atom is -0.489 e. The molecule has 0 bridgehead atoms. The maximum atomic E-state index is 11.6. The number of nitrogens with two attached hydrogens (primary N) is 1. The van der Waals surface area contributed by atoms with Crippen LogP contribution >= 0.6 is 0 Å². The number of hydrogen-bond donors (Lipinski definition) is 1. The highest BCUT2D eigenvalue weighted by Crippen LogP contribution is 2.21. The second-order valence-corrected chi connectivity index (χ2v) is 5.44. The normalized spacial score (nSPS) is 11.8. The van der Waals surface area contributed by atoms with Crippen LogP contribution < -0.4 is 10.5 Å². The first-order valence-corrected chi connectivity index (χ1v) is 7.78. The highest BCUT2D eigenvalue weighted by atomic mass is 16.5. The number of hydrogen-bond acceptors (Lipinski definition) is 4. The number of carbonyl (C=O) groups excluding carboxylic acids is 1. The van der Waals surface area contributed by atoms with E-state index in [4.69, 9.17) is 15.2 Å². The number of benzene rings is 2. The summed E-state index contributed by atoms with van der Waals surface area (Å²) in [6, 6.07) is 15.2. The lowest BCUT2D eigenvalue weighted by atomic mass is 10.0. The van der Waals surface area contributed by atoms with Gasteiger partial charge in [-0.2, -0.15) is 0 Å². The van der Waals surface area contributed by atoms with E-state index >= 15 is 0 Å². The highest BCUT2D eigenvalue weighted by molar-refractivity contribution is 5.75. The summed E-state index contributed by atoms with van der Waals surface area (Å²) in [5.41, 5.74) is 8.99. The monoisotopic (exact) mass is 313 g/mol. The van der Waals surface area contributed by atoms with Gasteiger partial charge in [0, 0.05) is 0 Å². The Morgan fingerprint density at radius 3 is 2.57 bits per heavy atom. The van der Waals surface area contributed by atoms with Gasteiger partial charge in [0.15, 0.2) is 0 Å². The molecule has 1 unspecified atom stereocenters. The average Bonchev–Trinajstić information content (AvgIpc) is 2.56. The van der Waals surface area contributed by atoms with Crippen molar-refractivity contribution >= 4 is 5.97 Å². The Hall–Kier alpha value is -2.33. The lowest BCUT2D eigenvalue weighted by Crippen LogP contribution is -2.34. The van der Waals surface area contributed by atoms with Crippen molar-refractivity contribution in [2.45, 2.75) is 32.9 Å². The van der Waals surface area contributed by atoms with Crippen LogP contribution in [0.15, 0.2) is 48.5 Å². The smallest absolute Gasteiger partial charge is 0.323 e. The third kappa shape index (κ3) is 5.11. The minimum atomic E-state index is -0.653. The third-order valence-electron chi connectivity index (χ3n) is 3.53. The van der Waals surface area contributed by atoms with Gasteiger partial charge in [0.05, 0.1) is 6.61 Å². The van der Waals surface area contributed by atoms with E-state index < -0.39 is 6.04 Å². The van der Waals surface area contributed by atoms with Gasteiger partial charge in [0.1, 0.15) is 18.4 Å². The Kier molecular flexibility index (Phi) is 6.18. The van der Waals surface area contributed by atoms with Crippen molar-refractivity contribution in [2.24, 2.45) is 5.73 Å². The summed E-state index contributed by atoms with van der Waals surface area (Å²) in [7, 11) is 0. The number of aryl methyl sites for hydroxylation is 1. The van der Waals surface area contributed by atoms with Crippen LogP contribution in [0.5, 0.6) is 5.75 Å². The zero-order valence-corrected chi connectivity index (χ0v) is 13.6. The molecule has 4 nitrogen and oxygen atoms in total. The van der Waals surface area contributed by atoms with Crippen LogP contribution in [0.25, 0.3) is 0 Å². The lowest BCUT2D eigenvalue weighted by molar-refractivity contribution is -0.144. The summed E-state index contributed by atoms with van der Waals surface area (Å²) in [4.78, 5) is 11.6. The van der Waals surface area contributed by atoms with Crippen LogP contribution in [0.2, 0.25) is 0 Å². The van der Waals surface area contributed by atoms with Crippen molar-refractivity contribution in [3.8, 4) is 5.75 Å². The first-order chi connectivity index (χ1) is 11.1. The standard InChI is InChI=1S/C19H23NO3/c1-3-22-19(21)17(20)11-16-10-9-14(2)18(12-16)23-13-15-7-5-4-6-8-15/h4-10,12,17H,3,11,13,20H2,1-2H3. The fraction of sp³-hybridized carbons (Fsp3) is 0.316. The molecule has 0 aromatic heterocycles. The van der Waals surface area contributed by atoms with E-state index in [0.29, 0.717) is 19.6 Å². The summed E-state index contributed by atoms with van der Waals surface area (Å²) in [6.45, 7) is 4.61. The molecule has 0 aliphatic carbocycles. The quantitative estimate of drug-likeness (QED) is 0.798. The fourth-order valence-corrected chi connectivity index (χ4v) is 2.25. The predicted molar refractivity (Wildman–Crippen MR) is 90.3 cm³/mol. The molecule has 0 saturated carbocycles. The molecule has 0 aliphatic rings. The van der Waals surface area contributed by atoms with Crippen LogP contribution in [0.3, 0.4) is 0 Å². The Bertz CT molecular complexity index is 640. The first-order valence-electron chi connectivity index (χ1n) is 7.78. The van der Waals surface area contributed by atoms with Crippen molar-refractivity contribution in [1.82, 2.24) is 0 Å². The molecule has 0 radical (unpaired) electrons. The maximum absolute atomic E-state index is 11.6. The SMILES string of the molecule is CCOC(=O)C(N)Cc1ccc(C)c(OCc2ccccc2)c1. The number of ether oxygens (including phenoxy) is 2. The molecule has 4 heteroatoms. The van der Waals surface area contributed by atoms with Gasteiger partial charge in [-0.3, -0.25) is 4.79 Å². The van der Waals surface area contributed by atoms with E-state index in [1.807, 2.05) is 55.5 Å². The molecule has 0 aliphatic heterocycles. The van der Waals surface area contributed by atoms with Crippen molar-refractivity contribution in [1.29, 1.82) is 0 Å². The Morgan fingerprint density at radius 1 is 1.13 bits per heavy atom. The second-order valence-electron chi connectivity index (χ2n) is 5.44. The van der Waals surface area contributed by atoms with Crippen molar-refractivity contribution in [3.05, 3.63) is 65.2 Å². The molecule has 0 heterocycles. The highest BCUT2D eigenvalue weighted by Gasteiger charge is 2.15. The van der Waals surface area contributed by atoms with E-state index in [2.05, 4.69) is 0 Å². The maximum Gasteiger partial charge on any atom is 0.323 e. The molecule has 2 N–H and O–H groups in total. The lowest BCUT2D eigenvalue weighted by Gasteiger charge is -2.14. The summed E-state index contributed by atoms with van der Waals surface area (Å²) >= 11 is 0. The number of rotatable bonds is 7. The minimum absolute atomic E-state index is 0.339. The third-order valence-corrected chi connectivity index (χ3v) is 3.53.